The van der Waals surface area contributed by atoms with E-state index >= 15 is 0 Å². The maximum atomic E-state index is 10.3. The maximum absolute atomic E-state index is 10.3. The van der Waals surface area contributed by atoms with Gasteiger partial charge in [0.25, 0.3) is 0 Å². The van der Waals surface area contributed by atoms with Crippen molar-refractivity contribution < 1.29 is 10.2 Å². The molecule has 96 valence electrons. The summed E-state index contributed by atoms with van der Waals surface area (Å²) in [5.74, 6) is -1.72. The summed E-state index contributed by atoms with van der Waals surface area (Å²) in [7, 11) is 0. The van der Waals surface area contributed by atoms with Crippen LogP contribution in [0.25, 0.3) is 0 Å². The minimum atomic E-state index is -1.75. The van der Waals surface area contributed by atoms with Gasteiger partial charge >= 0.3 is 0 Å². The highest BCUT2D eigenvalue weighted by molar-refractivity contribution is 5.27. The molecule has 0 aliphatic heterocycles. The zero-order valence-electron chi connectivity index (χ0n) is 11.4. The number of hydrogen-bond donors (Lipinski definition) is 2. The van der Waals surface area contributed by atoms with Crippen molar-refractivity contribution in [2.24, 2.45) is 11.3 Å². The largest absolute Gasteiger partial charge is 0.365 e. The zero-order valence-corrected chi connectivity index (χ0v) is 11.4. The smallest absolute Gasteiger partial charge is 0.175 e. The molecule has 0 heterocycles. The summed E-state index contributed by atoms with van der Waals surface area (Å²) in [5.41, 5.74) is 2.51. The van der Waals surface area contributed by atoms with Crippen LogP contribution in [-0.4, -0.2) is 16.0 Å². The summed E-state index contributed by atoms with van der Waals surface area (Å²) in [4.78, 5) is 0. The van der Waals surface area contributed by atoms with Gasteiger partial charge < -0.3 is 10.2 Å². The summed E-state index contributed by atoms with van der Waals surface area (Å²) in [6.45, 7) is 15.6. The molecule has 2 nitrogen and oxygen atoms in total. The summed E-state index contributed by atoms with van der Waals surface area (Å²) >= 11 is 0. The van der Waals surface area contributed by atoms with E-state index < -0.39 is 11.2 Å². The summed E-state index contributed by atoms with van der Waals surface area (Å²) in [5, 5.41) is 20.7. The lowest BCUT2D eigenvalue weighted by Crippen LogP contribution is -2.53. The zero-order chi connectivity index (χ0) is 13.4. The first-order chi connectivity index (χ1) is 7.65. The Morgan fingerprint density at radius 1 is 1.35 bits per heavy atom. The van der Waals surface area contributed by atoms with E-state index in [2.05, 4.69) is 13.2 Å². The molecule has 1 saturated carbocycles. The van der Waals surface area contributed by atoms with Crippen LogP contribution in [-0.2, 0) is 0 Å². The van der Waals surface area contributed by atoms with Crippen molar-refractivity contribution in [1.29, 1.82) is 0 Å². The maximum Gasteiger partial charge on any atom is 0.175 e. The third kappa shape index (κ3) is 2.24. The molecule has 0 saturated heterocycles. The van der Waals surface area contributed by atoms with Gasteiger partial charge in [-0.25, -0.2) is 0 Å². The van der Waals surface area contributed by atoms with E-state index in [0.29, 0.717) is 6.42 Å². The van der Waals surface area contributed by atoms with Crippen LogP contribution >= 0.6 is 0 Å². The Bertz CT molecular complexity index is 372. The van der Waals surface area contributed by atoms with E-state index in [1.165, 1.54) is 0 Å². The number of aliphatic hydroxyl groups is 2. The quantitative estimate of drug-likeness (QED) is 0.571. The van der Waals surface area contributed by atoms with Crippen LogP contribution in [0.1, 0.15) is 40.5 Å². The lowest BCUT2D eigenvalue weighted by Gasteiger charge is -2.50. The van der Waals surface area contributed by atoms with E-state index in [1.807, 2.05) is 27.7 Å². The highest BCUT2D eigenvalue weighted by atomic mass is 16.5. The normalized spacial score (nSPS) is 32.1. The van der Waals surface area contributed by atoms with Gasteiger partial charge in [-0.3, -0.25) is 0 Å². The Kier molecular flexibility index (Phi) is 3.70. The van der Waals surface area contributed by atoms with Gasteiger partial charge in [-0.1, -0.05) is 36.3 Å². The van der Waals surface area contributed by atoms with E-state index in [9.17, 15) is 10.2 Å². The molecule has 2 heteroatoms. The first kappa shape index (κ1) is 14.2. The average Bonchev–Trinajstić information content (AvgIpc) is 2.20. The SMILES string of the molecule is C=CC1(C)C(C(=C)C)CC(=C(C)C)CC1(O)O. The minimum absolute atomic E-state index is 0.0219. The highest BCUT2D eigenvalue weighted by Gasteiger charge is 2.52. The molecular formula is C15H24O2. The Morgan fingerprint density at radius 2 is 1.88 bits per heavy atom. The first-order valence-electron chi connectivity index (χ1n) is 6.04. The summed E-state index contributed by atoms with van der Waals surface area (Å²) in [6.07, 6.45) is 2.79. The monoisotopic (exact) mass is 236 g/mol. The molecule has 1 rings (SSSR count). The summed E-state index contributed by atoms with van der Waals surface area (Å²) < 4.78 is 0. The van der Waals surface area contributed by atoms with Gasteiger partial charge in [-0.05, 0) is 33.1 Å². The second-order valence-corrected chi connectivity index (χ2v) is 5.69. The van der Waals surface area contributed by atoms with E-state index in [4.69, 9.17) is 0 Å². The molecular weight excluding hydrogens is 212 g/mol. The lowest BCUT2D eigenvalue weighted by atomic mass is 9.60. The molecule has 1 aliphatic carbocycles. The molecule has 0 bridgehead atoms. The average molecular weight is 236 g/mol. The Morgan fingerprint density at radius 3 is 2.24 bits per heavy atom. The first-order valence-corrected chi connectivity index (χ1v) is 6.04. The second-order valence-electron chi connectivity index (χ2n) is 5.69. The molecule has 0 spiro atoms. The summed E-state index contributed by atoms with van der Waals surface area (Å²) in [6, 6.07) is 0. The van der Waals surface area contributed by atoms with Gasteiger partial charge in [-0.15, -0.1) is 6.58 Å². The van der Waals surface area contributed by atoms with Gasteiger partial charge in [0.15, 0.2) is 5.79 Å². The number of hydrogen-bond acceptors (Lipinski definition) is 2. The molecule has 1 fully saturated rings. The van der Waals surface area contributed by atoms with Crippen LogP contribution in [0.15, 0.2) is 36.0 Å². The fraction of sp³-hybridized carbons (Fsp3) is 0.600. The predicted molar refractivity (Wildman–Crippen MR) is 71.4 cm³/mol. The topological polar surface area (TPSA) is 40.5 Å². The third-order valence-corrected chi connectivity index (χ3v) is 4.22. The molecule has 2 atom stereocenters. The molecule has 2 N–H and O–H groups in total. The van der Waals surface area contributed by atoms with Gasteiger partial charge in [-0.2, -0.15) is 0 Å². The van der Waals surface area contributed by atoms with Crippen molar-refractivity contribution in [3.8, 4) is 0 Å². The standard InChI is InChI=1S/C15H24O2/c1-7-14(6)13(11(4)5)8-12(10(2)3)9-15(14,16)17/h7,13,16-17H,1,4,8-9H2,2-3,5-6H3. The van der Waals surface area contributed by atoms with Crippen LogP contribution in [0.3, 0.4) is 0 Å². The number of rotatable bonds is 2. The van der Waals surface area contributed by atoms with Crippen molar-refractivity contribution in [1.82, 2.24) is 0 Å². The highest BCUT2D eigenvalue weighted by Crippen LogP contribution is 2.52. The second kappa shape index (κ2) is 4.43. The molecule has 1 aliphatic rings. The van der Waals surface area contributed by atoms with Crippen LogP contribution in [0.4, 0.5) is 0 Å². The van der Waals surface area contributed by atoms with E-state index in [0.717, 1.165) is 23.1 Å². The van der Waals surface area contributed by atoms with Gasteiger partial charge in [0.05, 0.1) is 0 Å². The fourth-order valence-electron chi connectivity index (χ4n) is 2.67. The molecule has 0 radical (unpaired) electrons. The Balaban J connectivity index is 3.30. The van der Waals surface area contributed by atoms with Gasteiger partial charge in [0.2, 0.25) is 0 Å². The van der Waals surface area contributed by atoms with E-state index in [1.54, 1.807) is 6.08 Å². The van der Waals surface area contributed by atoms with Crippen LogP contribution in [0, 0.1) is 11.3 Å². The van der Waals surface area contributed by atoms with Crippen molar-refractivity contribution in [3.63, 3.8) is 0 Å². The number of allylic oxidation sites excluding steroid dienone is 2. The Hall–Kier alpha value is -0.860. The molecule has 0 amide bonds. The van der Waals surface area contributed by atoms with E-state index in [-0.39, 0.29) is 5.92 Å². The van der Waals surface area contributed by atoms with Crippen LogP contribution in [0.2, 0.25) is 0 Å². The minimum Gasteiger partial charge on any atom is -0.365 e. The molecule has 17 heavy (non-hydrogen) atoms. The molecule has 2 unspecified atom stereocenters. The third-order valence-electron chi connectivity index (χ3n) is 4.22. The molecule has 0 aromatic carbocycles. The lowest BCUT2D eigenvalue weighted by molar-refractivity contribution is -0.241. The van der Waals surface area contributed by atoms with Gasteiger partial charge in [0, 0.05) is 11.8 Å². The van der Waals surface area contributed by atoms with Crippen molar-refractivity contribution in [3.05, 3.63) is 36.0 Å². The van der Waals surface area contributed by atoms with Crippen LogP contribution in [0.5, 0.6) is 0 Å². The molecule has 0 aromatic heterocycles. The Labute approximate surface area is 104 Å². The fourth-order valence-corrected chi connectivity index (χ4v) is 2.67. The molecule has 0 aromatic rings. The van der Waals surface area contributed by atoms with Crippen molar-refractivity contribution in [2.45, 2.75) is 46.3 Å². The van der Waals surface area contributed by atoms with Crippen LogP contribution < -0.4 is 0 Å². The van der Waals surface area contributed by atoms with Gasteiger partial charge in [0.1, 0.15) is 0 Å². The van der Waals surface area contributed by atoms with Crippen molar-refractivity contribution >= 4 is 0 Å². The van der Waals surface area contributed by atoms with Crippen molar-refractivity contribution in [2.75, 3.05) is 0 Å². The predicted octanol–water partition coefficient (Wildman–Crippen LogP) is 3.18.